The van der Waals surface area contributed by atoms with Crippen molar-refractivity contribution in [3.63, 3.8) is 0 Å². The van der Waals surface area contributed by atoms with Crippen LogP contribution in [-0.2, 0) is 26.1 Å². The lowest BCUT2D eigenvalue weighted by molar-refractivity contribution is -0.146. The van der Waals surface area contributed by atoms with E-state index in [1.807, 2.05) is 49.1 Å². The van der Waals surface area contributed by atoms with E-state index in [1.54, 1.807) is 49.3 Å². The van der Waals surface area contributed by atoms with Crippen molar-refractivity contribution in [1.82, 2.24) is 34.7 Å². The summed E-state index contributed by atoms with van der Waals surface area (Å²) in [6, 6.07) is 18.3. The lowest BCUT2D eigenvalue weighted by atomic mass is 9.49. The Kier molecular flexibility index (Phi) is 10.2. The van der Waals surface area contributed by atoms with E-state index in [0.29, 0.717) is 52.4 Å². The molecule has 0 unspecified atom stereocenters. The van der Waals surface area contributed by atoms with Crippen molar-refractivity contribution in [2.75, 3.05) is 42.4 Å². The minimum Gasteiger partial charge on any atom is -0.469 e. The number of rotatable bonds is 12. The number of carbonyl (C=O) groups is 2. The van der Waals surface area contributed by atoms with Crippen LogP contribution >= 0.6 is 11.3 Å². The SMILES string of the molecule is COC(=O)C1CN(c2ccc(S(=O)(=O)NC(=O)c3nc(N(C)c4cc(C)c(Nc5nc6ccccc6s5)nn4)ccc3-c3cnn(CC45CC6CC(CC(C6)C4)C5)c3C)c(C)c2)C1. The second kappa shape index (κ2) is 15.7. The van der Waals surface area contributed by atoms with Gasteiger partial charge in [0.05, 0.1) is 34.3 Å². The smallest absolute Gasteiger partial charge is 0.312 e. The number of amides is 1. The number of anilines is 5. The van der Waals surface area contributed by atoms with Gasteiger partial charge >= 0.3 is 5.97 Å². The van der Waals surface area contributed by atoms with Crippen LogP contribution < -0.4 is 19.8 Å². The van der Waals surface area contributed by atoms with Gasteiger partial charge in [-0.05, 0) is 142 Å². The molecule has 15 nitrogen and oxygen atoms in total. The highest BCUT2D eigenvalue weighted by Gasteiger charge is 2.51. The lowest BCUT2D eigenvalue weighted by Gasteiger charge is -2.56. The second-order valence-electron chi connectivity index (χ2n) is 18.2. The molecule has 1 aliphatic heterocycles. The van der Waals surface area contributed by atoms with Crippen molar-refractivity contribution >= 4 is 71.7 Å². The van der Waals surface area contributed by atoms with Gasteiger partial charge in [0.1, 0.15) is 11.5 Å². The zero-order chi connectivity index (χ0) is 43.8. The molecule has 326 valence electrons. The normalized spacial score (nSPS) is 21.7. The van der Waals surface area contributed by atoms with Gasteiger partial charge in [0.2, 0.25) is 0 Å². The fourth-order valence-corrected chi connectivity index (χ4v) is 13.0. The predicted molar refractivity (Wildman–Crippen MR) is 242 cm³/mol. The van der Waals surface area contributed by atoms with Gasteiger partial charge < -0.3 is 19.9 Å². The number of carbonyl (C=O) groups excluding carboxylic acids is 2. The van der Waals surface area contributed by atoms with E-state index in [4.69, 9.17) is 14.8 Å². The van der Waals surface area contributed by atoms with Crippen LogP contribution in [0, 0.1) is 49.9 Å². The second-order valence-corrected chi connectivity index (χ2v) is 20.9. The molecule has 17 heteroatoms. The summed E-state index contributed by atoms with van der Waals surface area (Å²) in [6.45, 7) is 7.39. The van der Waals surface area contributed by atoms with Gasteiger partial charge in [-0.3, -0.25) is 14.3 Å². The summed E-state index contributed by atoms with van der Waals surface area (Å²) in [7, 11) is -1.22. The van der Waals surface area contributed by atoms with Gasteiger partial charge in [0.15, 0.2) is 16.8 Å². The Morgan fingerprint density at radius 3 is 2.30 bits per heavy atom. The Morgan fingerprint density at radius 1 is 0.889 bits per heavy atom. The number of nitrogens with zero attached hydrogens (tertiary/aromatic N) is 8. The summed E-state index contributed by atoms with van der Waals surface area (Å²) in [4.78, 5) is 39.6. The molecule has 4 bridgehead atoms. The van der Waals surface area contributed by atoms with Crippen molar-refractivity contribution in [3.05, 3.63) is 89.4 Å². The van der Waals surface area contributed by atoms with Crippen LogP contribution in [-0.4, -0.2) is 77.5 Å². The summed E-state index contributed by atoms with van der Waals surface area (Å²) < 4.78 is 38.5. The van der Waals surface area contributed by atoms with E-state index < -0.39 is 15.9 Å². The van der Waals surface area contributed by atoms with Crippen molar-refractivity contribution in [1.29, 1.82) is 0 Å². The topological polar surface area (TPSA) is 177 Å². The maximum atomic E-state index is 14.5. The molecule has 1 saturated heterocycles. The number of hydrogen-bond donors (Lipinski definition) is 2. The number of sulfonamides is 1. The summed E-state index contributed by atoms with van der Waals surface area (Å²) in [5.41, 5.74) is 5.18. The van der Waals surface area contributed by atoms with E-state index in [1.165, 1.54) is 63.0 Å². The molecular weight excluding hydrogens is 837 g/mol. The number of nitrogens with one attached hydrogen (secondary N) is 2. The Balaban J connectivity index is 0.946. The van der Waals surface area contributed by atoms with Crippen LogP contribution in [0.15, 0.2) is 71.8 Å². The molecule has 63 heavy (non-hydrogen) atoms. The third-order valence-corrected chi connectivity index (χ3v) is 16.2. The zero-order valence-corrected chi connectivity index (χ0v) is 37.6. The van der Waals surface area contributed by atoms with Crippen molar-refractivity contribution < 1.29 is 22.7 Å². The van der Waals surface area contributed by atoms with Crippen LogP contribution in [0.3, 0.4) is 0 Å². The fraction of sp³-hybridized carbons (Fsp3) is 0.413. The summed E-state index contributed by atoms with van der Waals surface area (Å²) in [5, 5.41) is 17.9. The highest BCUT2D eigenvalue weighted by molar-refractivity contribution is 7.90. The first kappa shape index (κ1) is 41.1. The number of thiazole rings is 1. The number of pyridine rings is 1. The first-order chi connectivity index (χ1) is 30.2. The molecule has 2 N–H and O–H groups in total. The van der Waals surface area contributed by atoms with Crippen LogP contribution in [0.4, 0.5) is 28.3 Å². The number of ether oxygens (including phenoxy) is 1. The molecule has 4 aromatic heterocycles. The van der Waals surface area contributed by atoms with Crippen molar-refractivity contribution in [2.45, 2.75) is 70.7 Å². The minimum atomic E-state index is -4.36. The Hall–Kier alpha value is -5.94. The van der Waals surface area contributed by atoms with Gasteiger partial charge in [-0.1, -0.05) is 23.5 Å². The maximum absolute atomic E-state index is 14.5. The van der Waals surface area contributed by atoms with Crippen LogP contribution in [0.2, 0.25) is 0 Å². The molecule has 11 rings (SSSR count). The number of fused-ring (bicyclic) bond motifs is 1. The molecule has 1 amide bonds. The average molecular weight is 887 g/mol. The van der Waals surface area contributed by atoms with Gasteiger partial charge in [-0.2, -0.15) is 5.10 Å². The number of aryl methyl sites for hydroxylation is 2. The van der Waals surface area contributed by atoms with Crippen molar-refractivity contribution in [3.8, 4) is 11.1 Å². The largest absolute Gasteiger partial charge is 0.469 e. The fourth-order valence-electron chi connectivity index (χ4n) is 11.0. The standard InChI is InChI=1S/C46H50N10O5S2/c1-26-14-33(55-23-32(24-55)44(58)61-5)10-12-38(26)63(59,60)53-43(57)41-34(35-22-47-56(28(35)3)25-46-19-29-16-30(20-46)18-31(17-29)21-46)11-13-39(49-41)54(4)40-15-27(2)42(52-51-40)50-45-48-36-8-6-7-9-37(36)62-45/h6-15,22,29-32H,16-21,23-25H2,1-5H3,(H,53,57)(H,48,50,52). The first-order valence-electron chi connectivity index (χ1n) is 21.5. The van der Waals surface area contributed by atoms with E-state index >= 15 is 0 Å². The number of esters is 1. The summed E-state index contributed by atoms with van der Waals surface area (Å²) in [5.74, 6) is 2.40. The van der Waals surface area contributed by atoms with Crippen LogP contribution in [0.25, 0.3) is 21.3 Å². The monoisotopic (exact) mass is 886 g/mol. The molecule has 0 spiro atoms. The molecule has 6 aromatic rings. The number of benzene rings is 2. The van der Waals surface area contributed by atoms with Crippen molar-refractivity contribution in [2.24, 2.45) is 29.1 Å². The lowest BCUT2D eigenvalue weighted by Crippen LogP contribution is -2.50. The molecule has 2 aromatic carbocycles. The molecule has 0 atom stereocenters. The third-order valence-electron chi connectivity index (χ3n) is 13.8. The van der Waals surface area contributed by atoms with E-state index in [9.17, 15) is 18.0 Å². The van der Waals surface area contributed by atoms with Crippen LogP contribution in [0.1, 0.15) is 65.8 Å². The molecule has 5 aliphatic rings. The van der Waals surface area contributed by atoms with Gasteiger partial charge in [0.25, 0.3) is 15.9 Å². The highest BCUT2D eigenvalue weighted by atomic mass is 32.2. The average Bonchev–Trinajstić information content (AvgIpc) is 3.81. The molecule has 0 radical (unpaired) electrons. The molecule has 5 heterocycles. The molecule has 4 saturated carbocycles. The Labute approximate surface area is 370 Å². The van der Waals surface area contributed by atoms with Gasteiger partial charge in [0, 0.05) is 49.2 Å². The van der Waals surface area contributed by atoms with Crippen LogP contribution in [0.5, 0.6) is 0 Å². The van der Waals surface area contributed by atoms with E-state index in [-0.39, 0.29) is 27.9 Å². The van der Waals surface area contributed by atoms with Gasteiger partial charge in [-0.15, -0.1) is 10.2 Å². The Morgan fingerprint density at radius 2 is 1.62 bits per heavy atom. The number of para-hydroxylation sites is 1. The number of aromatic nitrogens is 6. The molecule has 4 aliphatic carbocycles. The van der Waals surface area contributed by atoms with E-state index in [0.717, 1.165) is 51.5 Å². The van der Waals surface area contributed by atoms with Gasteiger partial charge in [-0.25, -0.2) is 23.1 Å². The zero-order valence-electron chi connectivity index (χ0n) is 36.0. The summed E-state index contributed by atoms with van der Waals surface area (Å²) in [6.07, 6.45) is 9.53. The maximum Gasteiger partial charge on any atom is 0.312 e. The first-order valence-corrected chi connectivity index (χ1v) is 23.8. The predicted octanol–water partition coefficient (Wildman–Crippen LogP) is 7.73. The third kappa shape index (κ3) is 7.68. The number of methoxy groups -OCH3 is 1. The highest BCUT2D eigenvalue weighted by Crippen LogP contribution is 2.60. The van der Waals surface area contributed by atoms with E-state index in [2.05, 4.69) is 29.9 Å². The summed E-state index contributed by atoms with van der Waals surface area (Å²) >= 11 is 1.52. The minimum absolute atomic E-state index is 0.0377. The molecular formula is C46H50N10O5S2. The number of hydrogen-bond acceptors (Lipinski definition) is 14. The Bertz CT molecular complexity index is 2840. The quantitative estimate of drug-likeness (QED) is 0.114. The molecule has 5 fully saturated rings.